The number of hydrogen-bond acceptors (Lipinski definition) is 8. The van der Waals surface area contributed by atoms with Crippen LogP contribution in [0.15, 0.2) is 23.0 Å². The van der Waals surface area contributed by atoms with Crippen LogP contribution in [0.25, 0.3) is 5.65 Å². The Labute approximate surface area is 165 Å². The molecule has 1 saturated carbocycles. The molecule has 9 nitrogen and oxygen atoms in total. The molecular weight excluding hydrogens is 380 g/mol. The average Bonchev–Trinajstić information content (AvgIpc) is 3.20. The molecule has 0 aromatic carbocycles. The van der Waals surface area contributed by atoms with Gasteiger partial charge in [-0.15, -0.1) is 11.3 Å². The molecule has 4 rings (SSSR count). The van der Waals surface area contributed by atoms with E-state index in [2.05, 4.69) is 26.0 Å². The van der Waals surface area contributed by atoms with E-state index in [0.29, 0.717) is 40.7 Å². The summed E-state index contributed by atoms with van der Waals surface area (Å²) in [5, 5.41) is 17.0. The molecule has 3 aromatic rings. The minimum absolute atomic E-state index is 0.188. The average molecular weight is 400 g/mol. The number of nitrogens with one attached hydrogen (secondary N) is 3. The maximum atomic E-state index is 12.5. The van der Waals surface area contributed by atoms with E-state index in [-0.39, 0.29) is 11.9 Å². The molecule has 0 atom stereocenters. The molecule has 0 unspecified atom stereocenters. The van der Waals surface area contributed by atoms with E-state index in [1.165, 1.54) is 17.5 Å². The summed E-state index contributed by atoms with van der Waals surface area (Å²) in [6, 6.07) is 2.00. The van der Waals surface area contributed by atoms with E-state index in [1.807, 2.05) is 5.38 Å². The molecule has 3 heterocycles. The van der Waals surface area contributed by atoms with Crippen molar-refractivity contribution in [2.24, 2.45) is 0 Å². The number of nitrogens with zero attached hydrogens (tertiary/aromatic N) is 3. The molecule has 10 heteroatoms. The number of esters is 1. The summed E-state index contributed by atoms with van der Waals surface area (Å²) in [5.41, 5.74) is 1.88. The Bertz CT molecular complexity index is 1040. The maximum absolute atomic E-state index is 12.5. The predicted octanol–water partition coefficient (Wildman–Crippen LogP) is 2.65. The van der Waals surface area contributed by atoms with Gasteiger partial charge in [-0.3, -0.25) is 4.79 Å². The Hall–Kier alpha value is -3.14. The zero-order valence-electron chi connectivity index (χ0n) is 15.5. The van der Waals surface area contributed by atoms with Crippen molar-refractivity contribution < 1.29 is 14.3 Å². The maximum Gasteiger partial charge on any atom is 0.341 e. The molecule has 0 saturated heterocycles. The molecule has 0 radical (unpaired) electrons. The second-order valence-corrected chi connectivity index (χ2v) is 7.11. The number of thiophene rings is 1. The Kier molecular flexibility index (Phi) is 4.86. The summed E-state index contributed by atoms with van der Waals surface area (Å²) in [7, 11) is 1.76. The van der Waals surface area contributed by atoms with Crippen LogP contribution in [-0.2, 0) is 4.74 Å². The largest absolute Gasteiger partial charge is 0.462 e. The van der Waals surface area contributed by atoms with Crippen molar-refractivity contribution in [3.05, 3.63) is 34.2 Å². The lowest BCUT2D eigenvalue weighted by molar-refractivity contribution is 0.0528. The summed E-state index contributed by atoms with van der Waals surface area (Å²) < 4.78 is 6.66. The molecule has 1 aliphatic carbocycles. The Morgan fingerprint density at radius 3 is 2.86 bits per heavy atom. The Morgan fingerprint density at radius 1 is 1.32 bits per heavy atom. The van der Waals surface area contributed by atoms with Crippen molar-refractivity contribution in [3.63, 3.8) is 0 Å². The third kappa shape index (κ3) is 3.50. The van der Waals surface area contributed by atoms with Gasteiger partial charge in [-0.2, -0.15) is 9.61 Å². The number of fused-ring (bicyclic) bond motifs is 1. The third-order valence-corrected chi connectivity index (χ3v) is 5.05. The fourth-order valence-corrected chi connectivity index (χ4v) is 3.50. The van der Waals surface area contributed by atoms with Gasteiger partial charge in [0.2, 0.25) is 0 Å². The van der Waals surface area contributed by atoms with Gasteiger partial charge in [-0.05, 0) is 19.8 Å². The molecule has 28 heavy (non-hydrogen) atoms. The summed E-state index contributed by atoms with van der Waals surface area (Å²) in [5.74, 6) is 0.564. The van der Waals surface area contributed by atoms with Crippen LogP contribution in [0, 0.1) is 0 Å². The van der Waals surface area contributed by atoms with Gasteiger partial charge in [0.1, 0.15) is 17.2 Å². The first-order chi connectivity index (χ1) is 13.6. The van der Waals surface area contributed by atoms with Crippen LogP contribution in [0.3, 0.4) is 0 Å². The van der Waals surface area contributed by atoms with Crippen molar-refractivity contribution in [3.8, 4) is 0 Å². The first kappa shape index (κ1) is 18.2. The molecule has 146 valence electrons. The molecule has 0 aliphatic heterocycles. The normalized spacial score (nSPS) is 13.4. The highest BCUT2D eigenvalue weighted by Gasteiger charge is 2.26. The minimum atomic E-state index is -0.393. The summed E-state index contributed by atoms with van der Waals surface area (Å²) in [6.07, 6.45) is 3.52. The van der Waals surface area contributed by atoms with Gasteiger partial charge in [0.25, 0.3) is 5.91 Å². The number of anilines is 3. The number of aromatic nitrogens is 3. The fourth-order valence-electron chi connectivity index (χ4n) is 2.75. The number of rotatable bonds is 7. The van der Waals surface area contributed by atoms with Crippen LogP contribution in [0.1, 0.15) is 40.5 Å². The van der Waals surface area contributed by atoms with Crippen LogP contribution in [0.2, 0.25) is 0 Å². The van der Waals surface area contributed by atoms with Crippen LogP contribution >= 0.6 is 11.3 Å². The smallest absolute Gasteiger partial charge is 0.341 e. The Balaban J connectivity index is 1.69. The van der Waals surface area contributed by atoms with Crippen molar-refractivity contribution >= 4 is 46.2 Å². The van der Waals surface area contributed by atoms with E-state index in [4.69, 9.17) is 4.74 Å². The molecule has 0 bridgehead atoms. The zero-order valence-corrected chi connectivity index (χ0v) is 16.3. The number of ether oxygens (including phenoxy) is 1. The van der Waals surface area contributed by atoms with Gasteiger partial charge in [0.05, 0.1) is 24.1 Å². The summed E-state index contributed by atoms with van der Waals surface area (Å²) >= 11 is 1.39. The van der Waals surface area contributed by atoms with Crippen LogP contribution in [-0.4, -0.2) is 46.2 Å². The zero-order chi connectivity index (χ0) is 19.7. The van der Waals surface area contributed by atoms with Gasteiger partial charge in [0, 0.05) is 29.9 Å². The van der Waals surface area contributed by atoms with Crippen molar-refractivity contribution in [2.45, 2.75) is 25.8 Å². The number of carbonyl (C=O) groups is 2. The highest BCUT2D eigenvalue weighted by Crippen LogP contribution is 2.27. The highest BCUT2D eigenvalue weighted by molar-refractivity contribution is 7.08. The van der Waals surface area contributed by atoms with Crippen molar-refractivity contribution in [1.29, 1.82) is 0 Å². The second kappa shape index (κ2) is 7.47. The van der Waals surface area contributed by atoms with Crippen molar-refractivity contribution in [2.75, 3.05) is 24.3 Å². The first-order valence-electron chi connectivity index (χ1n) is 8.98. The van der Waals surface area contributed by atoms with E-state index < -0.39 is 5.97 Å². The molecule has 3 N–H and O–H groups in total. The van der Waals surface area contributed by atoms with Crippen LogP contribution in [0.4, 0.5) is 17.3 Å². The lowest BCUT2D eigenvalue weighted by atomic mass is 10.3. The second-order valence-electron chi connectivity index (χ2n) is 6.36. The molecule has 1 aliphatic rings. The summed E-state index contributed by atoms with van der Waals surface area (Å²) in [6.45, 7) is 2.07. The molecular formula is C18H20N6O3S. The number of hydrogen-bond donors (Lipinski definition) is 3. The van der Waals surface area contributed by atoms with Gasteiger partial charge >= 0.3 is 5.97 Å². The monoisotopic (exact) mass is 400 g/mol. The minimum Gasteiger partial charge on any atom is -0.462 e. The highest BCUT2D eigenvalue weighted by atomic mass is 32.1. The van der Waals surface area contributed by atoms with Crippen LogP contribution in [0.5, 0.6) is 0 Å². The first-order valence-corrected chi connectivity index (χ1v) is 9.92. The lowest BCUT2D eigenvalue weighted by Crippen LogP contribution is -2.25. The lowest BCUT2D eigenvalue weighted by Gasteiger charge is -2.10. The topological polar surface area (TPSA) is 110 Å². The van der Waals surface area contributed by atoms with Gasteiger partial charge in [-0.1, -0.05) is 0 Å². The van der Waals surface area contributed by atoms with Crippen LogP contribution < -0.4 is 16.0 Å². The van der Waals surface area contributed by atoms with Gasteiger partial charge < -0.3 is 20.7 Å². The van der Waals surface area contributed by atoms with E-state index >= 15 is 0 Å². The van der Waals surface area contributed by atoms with E-state index in [1.54, 1.807) is 29.9 Å². The van der Waals surface area contributed by atoms with Crippen molar-refractivity contribution in [1.82, 2.24) is 19.9 Å². The quantitative estimate of drug-likeness (QED) is 0.523. The fraction of sp³-hybridized carbons (Fsp3) is 0.333. The third-order valence-electron chi connectivity index (χ3n) is 4.31. The number of amides is 1. The van der Waals surface area contributed by atoms with E-state index in [9.17, 15) is 9.59 Å². The summed E-state index contributed by atoms with van der Waals surface area (Å²) in [4.78, 5) is 29.2. The van der Waals surface area contributed by atoms with Gasteiger partial charge in [-0.25, -0.2) is 9.78 Å². The predicted molar refractivity (Wildman–Crippen MR) is 107 cm³/mol. The molecule has 1 amide bonds. The molecule has 1 fully saturated rings. The standard InChI is InChI=1S/C18H20N6O3S/c1-3-27-18(26)12-8-28-9-13(12)22-14-6-15(19-2)24-16(23-14)11(7-20-24)17(25)21-10-4-5-10/h6-10,19H,3-5H2,1-2H3,(H,21,25)(H,22,23). The molecule has 0 spiro atoms. The SMILES string of the molecule is CCOC(=O)c1cscc1Nc1cc(NC)n2ncc(C(=O)NC3CC3)c2n1. The van der Waals surface area contributed by atoms with E-state index in [0.717, 1.165) is 12.8 Å². The molecule has 3 aromatic heterocycles. The number of carbonyl (C=O) groups excluding carboxylic acids is 2. The van der Waals surface area contributed by atoms with Gasteiger partial charge in [0.15, 0.2) is 5.65 Å². The Morgan fingerprint density at radius 2 is 2.14 bits per heavy atom.